The van der Waals surface area contributed by atoms with Crippen LogP contribution in [-0.2, 0) is 11.8 Å². The molecule has 1 N–H and O–H groups in total. The molecular weight excluding hydrogens is 516 g/mol. The number of pyridine rings is 1. The maximum absolute atomic E-state index is 13.2. The van der Waals surface area contributed by atoms with Crippen molar-refractivity contribution >= 4 is 45.3 Å². The highest BCUT2D eigenvalue weighted by Gasteiger charge is 2.29. The lowest BCUT2D eigenvalue weighted by molar-refractivity contribution is -0.114. The summed E-state index contributed by atoms with van der Waals surface area (Å²) in [4.78, 5) is 35.1. The number of aryl methyl sites for hydroxylation is 2. The number of imidazole rings is 1. The first-order valence-corrected chi connectivity index (χ1v) is 13.5. The molecule has 0 unspecified atom stereocenters. The lowest BCUT2D eigenvalue weighted by Gasteiger charge is -2.17. The Labute approximate surface area is 238 Å². The minimum absolute atomic E-state index is 0.00897. The molecule has 0 spiro atoms. The third-order valence-corrected chi connectivity index (χ3v) is 7.49. The van der Waals surface area contributed by atoms with E-state index in [0.717, 1.165) is 39.4 Å². The van der Waals surface area contributed by atoms with E-state index in [0.29, 0.717) is 35.6 Å². The molecule has 4 heterocycles. The maximum Gasteiger partial charge on any atom is 0.255 e. The number of carbonyl (C=O) groups is 1. The molecule has 1 aliphatic heterocycles. The Balaban J connectivity index is 1.23. The van der Waals surface area contributed by atoms with Crippen LogP contribution in [0.1, 0.15) is 18.9 Å². The van der Waals surface area contributed by atoms with Crippen LogP contribution in [0.3, 0.4) is 0 Å². The van der Waals surface area contributed by atoms with Gasteiger partial charge in [0.15, 0.2) is 5.82 Å². The molecule has 5 aromatic rings. The molecule has 41 heavy (non-hydrogen) atoms. The van der Waals surface area contributed by atoms with Crippen LogP contribution in [0.2, 0.25) is 0 Å². The molecule has 0 bridgehead atoms. The first kappa shape index (κ1) is 26.4. The zero-order valence-corrected chi connectivity index (χ0v) is 23.8. The van der Waals surface area contributed by atoms with E-state index >= 15 is 0 Å². The topological polar surface area (TPSA) is 101 Å². The molecule has 2 aromatic carbocycles. The van der Waals surface area contributed by atoms with Crippen LogP contribution >= 0.6 is 0 Å². The van der Waals surface area contributed by atoms with Crippen LogP contribution < -0.4 is 15.0 Å². The first-order valence-electron chi connectivity index (χ1n) is 13.5. The van der Waals surface area contributed by atoms with E-state index in [2.05, 4.69) is 32.1 Å². The summed E-state index contributed by atoms with van der Waals surface area (Å²) < 4.78 is 8.15. The molecule has 1 fully saturated rings. The maximum atomic E-state index is 13.2. The van der Waals surface area contributed by atoms with Crippen molar-refractivity contribution < 1.29 is 9.53 Å². The van der Waals surface area contributed by atoms with Crippen molar-refractivity contribution in [3.8, 4) is 11.5 Å². The van der Waals surface area contributed by atoms with Gasteiger partial charge in [0.25, 0.3) is 5.91 Å². The summed E-state index contributed by atoms with van der Waals surface area (Å²) in [5.41, 5.74) is 5.82. The van der Waals surface area contributed by atoms with Crippen molar-refractivity contribution in [3.05, 3.63) is 78.4 Å². The van der Waals surface area contributed by atoms with E-state index in [4.69, 9.17) is 9.72 Å². The van der Waals surface area contributed by atoms with E-state index in [-0.39, 0.29) is 11.9 Å². The van der Waals surface area contributed by atoms with Crippen LogP contribution in [-0.4, -0.2) is 62.0 Å². The minimum atomic E-state index is -0.00897. The molecule has 0 radical (unpaired) electrons. The van der Waals surface area contributed by atoms with E-state index in [1.807, 2.05) is 87.2 Å². The second kappa shape index (κ2) is 10.6. The predicted molar refractivity (Wildman–Crippen MR) is 161 cm³/mol. The van der Waals surface area contributed by atoms with Gasteiger partial charge in [-0.3, -0.25) is 9.69 Å². The molecule has 10 nitrogen and oxygen atoms in total. The first-order chi connectivity index (χ1) is 19.8. The van der Waals surface area contributed by atoms with Gasteiger partial charge < -0.3 is 19.5 Å². The van der Waals surface area contributed by atoms with Crippen molar-refractivity contribution in [2.24, 2.45) is 7.05 Å². The van der Waals surface area contributed by atoms with Crippen LogP contribution in [0, 0.1) is 6.92 Å². The summed E-state index contributed by atoms with van der Waals surface area (Å²) in [5.74, 6) is 2.62. The Morgan fingerprint density at radius 2 is 1.90 bits per heavy atom. The summed E-state index contributed by atoms with van der Waals surface area (Å²) in [6, 6.07) is 15.6. The summed E-state index contributed by atoms with van der Waals surface area (Å²) in [5, 5.41) is 3.38. The van der Waals surface area contributed by atoms with Crippen LogP contribution in [0.15, 0.2) is 72.8 Å². The number of likely N-dealkylation sites (N-methyl/N-ethyl adjacent to an activating group) is 1. The minimum Gasteiger partial charge on any atom is -0.457 e. The normalized spacial score (nSPS) is 15.4. The number of benzene rings is 2. The fourth-order valence-electron chi connectivity index (χ4n) is 4.88. The summed E-state index contributed by atoms with van der Waals surface area (Å²) in [7, 11) is 5.97. The van der Waals surface area contributed by atoms with Crippen molar-refractivity contribution in [1.82, 2.24) is 29.4 Å². The smallest absolute Gasteiger partial charge is 0.255 e. The Morgan fingerprint density at radius 1 is 1.05 bits per heavy atom. The Morgan fingerprint density at radius 3 is 2.71 bits per heavy atom. The second-order valence-electron chi connectivity index (χ2n) is 10.6. The number of hydrogen-bond donors (Lipinski definition) is 1. The standard InChI is InChI=1S/C31H32N8O2/c1-19-14-22(6-10-27(19)41-23-7-9-26-25(16-23)34-18-38(26)5)35-30-29-24(32-17-33-30)8-11-28(36-29)39-13-12-21(31(39)40)15-20(2)37(3)4/h6-11,14-18,20H,12-13H2,1-5H3,(H,32,33,35)/b21-15+/t20-/m0/s1. The quantitative estimate of drug-likeness (QED) is 0.271. The third kappa shape index (κ3) is 5.21. The molecule has 6 rings (SSSR count). The number of fused-ring (bicyclic) bond motifs is 2. The molecule has 1 aliphatic rings. The zero-order chi connectivity index (χ0) is 28.7. The lowest BCUT2D eigenvalue weighted by Crippen LogP contribution is -2.27. The van der Waals surface area contributed by atoms with E-state index in [1.165, 1.54) is 6.33 Å². The van der Waals surface area contributed by atoms with Crippen molar-refractivity contribution in [3.63, 3.8) is 0 Å². The van der Waals surface area contributed by atoms with Crippen LogP contribution in [0.25, 0.3) is 22.1 Å². The van der Waals surface area contributed by atoms with E-state index in [1.54, 1.807) is 11.2 Å². The summed E-state index contributed by atoms with van der Waals surface area (Å²) >= 11 is 0. The second-order valence-corrected chi connectivity index (χ2v) is 10.6. The van der Waals surface area contributed by atoms with Gasteiger partial charge in [0.05, 0.1) is 22.9 Å². The van der Waals surface area contributed by atoms with Crippen molar-refractivity contribution in [2.75, 3.05) is 30.9 Å². The zero-order valence-electron chi connectivity index (χ0n) is 23.8. The van der Waals surface area contributed by atoms with E-state index < -0.39 is 0 Å². The summed E-state index contributed by atoms with van der Waals surface area (Å²) in [6.45, 7) is 4.66. The number of nitrogens with one attached hydrogen (secondary N) is 1. The van der Waals surface area contributed by atoms with Gasteiger partial charge in [0.1, 0.15) is 29.2 Å². The SMILES string of the molecule is Cc1cc(Nc2ncnc3ccc(N4CC/C(=C\[C@H](C)N(C)C)C4=O)nc23)ccc1Oc1ccc2c(c1)ncn2C. The average molecular weight is 549 g/mol. The molecular formula is C31H32N8O2. The number of rotatable bonds is 7. The molecule has 0 saturated carbocycles. The highest BCUT2D eigenvalue weighted by atomic mass is 16.5. The lowest BCUT2D eigenvalue weighted by atomic mass is 10.1. The third-order valence-electron chi connectivity index (χ3n) is 7.49. The number of hydrogen-bond acceptors (Lipinski definition) is 8. The number of carbonyl (C=O) groups excluding carboxylic acids is 1. The average Bonchev–Trinajstić information content (AvgIpc) is 3.51. The van der Waals surface area contributed by atoms with Gasteiger partial charge in [-0.25, -0.2) is 19.9 Å². The number of aromatic nitrogens is 5. The predicted octanol–water partition coefficient (Wildman–Crippen LogP) is 5.37. The largest absolute Gasteiger partial charge is 0.457 e. The van der Waals surface area contributed by atoms with Crippen molar-refractivity contribution in [1.29, 1.82) is 0 Å². The molecule has 0 aliphatic carbocycles. The van der Waals surface area contributed by atoms with Gasteiger partial charge in [-0.1, -0.05) is 6.08 Å². The Kier molecular flexibility index (Phi) is 6.84. The molecule has 3 aromatic heterocycles. The Hall–Kier alpha value is -4.83. The fraction of sp³-hybridized carbons (Fsp3) is 0.258. The van der Waals surface area contributed by atoms with Crippen LogP contribution in [0.5, 0.6) is 11.5 Å². The molecule has 1 amide bonds. The molecule has 208 valence electrons. The highest BCUT2D eigenvalue weighted by Crippen LogP contribution is 2.32. The van der Waals surface area contributed by atoms with Crippen LogP contribution in [0.4, 0.5) is 17.3 Å². The van der Waals surface area contributed by atoms with Gasteiger partial charge in [-0.15, -0.1) is 0 Å². The van der Waals surface area contributed by atoms with Gasteiger partial charge in [0.2, 0.25) is 0 Å². The van der Waals surface area contributed by atoms with Gasteiger partial charge in [0, 0.05) is 37.0 Å². The Bertz CT molecular complexity index is 1810. The van der Waals surface area contributed by atoms with Gasteiger partial charge in [-0.2, -0.15) is 0 Å². The van der Waals surface area contributed by atoms with Crippen molar-refractivity contribution in [2.45, 2.75) is 26.3 Å². The number of ether oxygens (including phenoxy) is 1. The molecule has 10 heteroatoms. The van der Waals surface area contributed by atoms with Gasteiger partial charge >= 0.3 is 0 Å². The number of nitrogens with zero attached hydrogens (tertiary/aromatic N) is 7. The monoisotopic (exact) mass is 548 g/mol. The molecule has 1 saturated heterocycles. The number of amides is 1. The van der Waals surface area contributed by atoms with Gasteiger partial charge in [-0.05, 0) is 82.4 Å². The van der Waals surface area contributed by atoms with E-state index in [9.17, 15) is 4.79 Å². The highest BCUT2D eigenvalue weighted by molar-refractivity contribution is 6.08. The fourth-order valence-corrected chi connectivity index (χ4v) is 4.88. The molecule has 1 atom stereocenters. The summed E-state index contributed by atoms with van der Waals surface area (Å²) in [6.07, 6.45) is 6.02. The number of anilines is 3.